The van der Waals surface area contributed by atoms with Crippen molar-refractivity contribution in [1.82, 2.24) is 4.98 Å². The second-order valence-electron chi connectivity index (χ2n) is 6.45. The minimum atomic E-state index is 0.251. The minimum absolute atomic E-state index is 0.251. The SMILES string of the molecule is CC(C)(C)Cc1ccc2c(c1)sc1c(Cl)ncc(C#N)c12. The van der Waals surface area contributed by atoms with Crippen molar-refractivity contribution in [3.8, 4) is 6.07 Å². The van der Waals surface area contributed by atoms with E-state index in [1.807, 2.05) is 0 Å². The number of halogens is 1. The highest BCUT2D eigenvalue weighted by atomic mass is 35.5. The van der Waals surface area contributed by atoms with Crippen LogP contribution in [0.4, 0.5) is 0 Å². The van der Waals surface area contributed by atoms with Gasteiger partial charge in [-0.05, 0) is 23.5 Å². The zero-order valence-corrected chi connectivity index (χ0v) is 13.8. The molecule has 0 atom stereocenters. The number of pyridine rings is 1. The fraction of sp³-hybridized carbons (Fsp3) is 0.294. The molecule has 0 saturated carbocycles. The van der Waals surface area contributed by atoms with Crippen LogP contribution in [-0.2, 0) is 6.42 Å². The van der Waals surface area contributed by atoms with E-state index in [0.29, 0.717) is 10.7 Å². The van der Waals surface area contributed by atoms with Crippen LogP contribution in [0, 0.1) is 16.7 Å². The van der Waals surface area contributed by atoms with Gasteiger partial charge in [-0.3, -0.25) is 0 Å². The number of nitriles is 1. The summed E-state index contributed by atoms with van der Waals surface area (Å²) < 4.78 is 2.07. The third kappa shape index (κ3) is 2.62. The van der Waals surface area contributed by atoms with E-state index in [9.17, 15) is 5.26 Å². The first-order chi connectivity index (χ1) is 9.89. The predicted octanol–water partition coefficient (Wildman–Crippen LogP) is 5.56. The summed E-state index contributed by atoms with van der Waals surface area (Å²) in [4.78, 5) is 4.11. The lowest BCUT2D eigenvalue weighted by molar-refractivity contribution is 0.411. The molecule has 21 heavy (non-hydrogen) atoms. The van der Waals surface area contributed by atoms with Crippen molar-refractivity contribution in [2.24, 2.45) is 5.41 Å². The molecule has 0 unspecified atom stereocenters. The summed E-state index contributed by atoms with van der Waals surface area (Å²) in [5, 5.41) is 11.8. The largest absolute Gasteiger partial charge is 0.242 e. The molecule has 4 heteroatoms. The van der Waals surface area contributed by atoms with Crippen molar-refractivity contribution in [2.75, 3.05) is 0 Å². The molecular weight excluding hydrogens is 300 g/mol. The number of rotatable bonds is 1. The topological polar surface area (TPSA) is 36.7 Å². The molecule has 0 fully saturated rings. The van der Waals surface area contributed by atoms with Gasteiger partial charge in [-0.15, -0.1) is 11.3 Å². The smallest absolute Gasteiger partial charge is 0.146 e. The number of hydrogen-bond donors (Lipinski definition) is 0. The lowest BCUT2D eigenvalue weighted by Crippen LogP contribution is -2.08. The molecular formula is C17H15ClN2S. The summed E-state index contributed by atoms with van der Waals surface area (Å²) >= 11 is 7.81. The molecule has 0 spiro atoms. The highest BCUT2D eigenvalue weighted by Gasteiger charge is 2.16. The van der Waals surface area contributed by atoms with Crippen LogP contribution >= 0.6 is 22.9 Å². The van der Waals surface area contributed by atoms with E-state index in [0.717, 1.165) is 26.6 Å². The summed E-state index contributed by atoms with van der Waals surface area (Å²) in [5.74, 6) is 0. The lowest BCUT2D eigenvalue weighted by Gasteiger charge is -2.17. The number of hydrogen-bond acceptors (Lipinski definition) is 3. The van der Waals surface area contributed by atoms with Gasteiger partial charge in [0, 0.05) is 21.7 Å². The number of fused-ring (bicyclic) bond motifs is 3. The van der Waals surface area contributed by atoms with E-state index < -0.39 is 0 Å². The number of benzene rings is 1. The maximum absolute atomic E-state index is 9.28. The fourth-order valence-electron chi connectivity index (χ4n) is 2.61. The van der Waals surface area contributed by atoms with Gasteiger partial charge in [0.1, 0.15) is 11.2 Å². The first-order valence-corrected chi connectivity index (χ1v) is 7.98. The predicted molar refractivity (Wildman–Crippen MR) is 90.0 cm³/mol. The van der Waals surface area contributed by atoms with Gasteiger partial charge >= 0.3 is 0 Å². The van der Waals surface area contributed by atoms with Crippen LogP contribution in [0.5, 0.6) is 0 Å². The highest BCUT2D eigenvalue weighted by Crippen LogP contribution is 2.39. The second kappa shape index (κ2) is 4.98. The zero-order valence-electron chi connectivity index (χ0n) is 12.2. The third-order valence-corrected chi connectivity index (χ3v) is 4.93. The van der Waals surface area contributed by atoms with Gasteiger partial charge in [-0.1, -0.05) is 44.5 Å². The monoisotopic (exact) mass is 314 g/mol. The molecule has 0 radical (unpaired) electrons. The van der Waals surface area contributed by atoms with Gasteiger partial charge in [0.15, 0.2) is 0 Å². The van der Waals surface area contributed by atoms with Crippen LogP contribution in [0.2, 0.25) is 5.15 Å². The van der Waals surface area contributed by atoms with Crippen LogP contribution in [0.15, 0.2) is 24.4 Å². The maximum Gasteiger partial charge on any atom is 0.146 e. The Morgan fingerprint density at radius 2 is 2.10 bits per heavy atom. The molecule has 0 saturated heterocycles. The van der Waals surface area contributed by atoms with Gasteiger partial charge in [0.25, 0.3) is 0 Å². The molecule has 106 valence electrons. The van der Waals surface area contributed by atoms with Gasteiger partial charge in [-0.25, -0.2) is 4.98 Å². The van der Waals surface area contributed by atoms with Gasteiger partial charge in [-0.2, -0.15) is 5.26 Å². The van der Waals surface area contributed by atoms with Crippen LogP contribution in [-0.4, -0.2) is 4.98 Å². The molecule has 0 aliphatic carbocycles. The summed E-state index contributed by atoms with van der Waals surface area (Å²) in [6.45, 7) is 6.70. The van der Waals surface area contributed by atoms with Crippen molar-refractivity contribution in [1.29, 1.82) is 5.26 Å². The van der Waals surface area contributed by atoms with Crippen LogP contribution in [0.3, 0.4) is 0 Å². The lowest BCUT2D eigenvalue weighted by atomic mass is 9.88. The molecule has 3 aromatic rings. The first-order valence-electron chi connectivity index (χ1n) is 6.79. The van der Waals surface area contributed by atoms with E-state index in [1.54, 1.807) is 17.5 Å². The van der Waals surface area contributed by atoms with Crippen molar-refractivity contribution in [3.63, 3.8) is 0 Å². The molecule has 2 nitrogen and oxygen atoms in total. The summed E-state index contributed by atoms with van der Waals surface area (Å²) in [5.41, 5.74) is 2.15. The molecule has 0 bridgehead atoms. The molecule has 0 aliphatic rings. The van der Waals surface area contributed by atoms with Gasteiger partial charge in [0.2, 0.25) is 0 Å². The minimum Gasteiger partial charge on any atom is -0.242 e. The molecule has 2 aromatic heterocycles. The third-order valence-electron chi connectivity index (χ3n) is 3.37. The van der Waals surface area contributed by atoms with Crippen molar-refractivity contribution >= 4 is 43.1 Å². The van der Waals surface area contributed by atoms with Crippen molar-refractivity contribution in [2.45, 2.75) is 27.2 Å². The Labute approximate surface area is 133 Å². The average molecular weight is 315 g/mol. The molecule has 3 rings (SSSR count). The van der Waals surface area contributed by atoms with Crippen LogP contribution in [0.1, 0.15) is 31.9 Å². The van der Waals surface area contributed by atoms with Gasteiger partial charge in [0.05, 0.1) is 10.3 Å². The van der Waals surface area contributed by atoms with Gasteiger partial charge < -0.3 is 0 Å². The van der Waals surface area contributed by atoms with E-state index in [1.165, 1.54) is 5.56 Å². The van der Waals surface area contributed by atoms with Crippen molar-refractivity contribution in [3.05, 3.63) is 40.7 Å². The standard InChI is InChI=1S/C17H15ClN2S/c1-17(2,3)7-10-4-5-12-13(6-10)21-15-14(12)11(8-19)9-20-16(15)18/h4-6,9H,7H2,1-3H3. The molecule has 1 aromatic carbocycles. The summed E-state index contributed by atoms with van der Waals surface area (Å²) in [6, 6.07) is 8.68. The zero-order chi connectivity index (χ0) is 15.2. The second-order valence-corrected chi connectivity index (χ2v) is 7.86. The van der Waals surface area contributed by atoms with Crippen LogP contribution < -0.4 is 0 Å². The summed E-state index contributed by atoms with van der Waals surface area (Å²) in [7, 11) is 0. The number of nitrogens with zero attached hydrogens (tertiary/aromatic N) is 2. The first kappa shape index (κ1) is 14.3. The average Bonchev–Trinajstić information content (AvgIpc) is 2.77. The Balaban J connectivity index is 2.27. The Kier molecular flexibility index (Phi) is 3.39. The molecule has 0 amide bonds. The van der Waals surface area contributed by atoms with E-state index in [-0.39, 0.29) is 5.41 Å². The number of thiophene rings is 1. The maximum atomic E-state index is 9.28. The highest BCUT2D eigenvalue weighted by molar-refractivity contribution is 7.26. The normalized spacial score (nSPS) is 12.0. The molecule has 0 N–H and O–H groups in total. The quantitative estimate of drug-likeness (QED) is 0.551. The van der Waals surface area contributed by atoms with Crippen LogP contribution in [0.25, 0.3) is 20.2 Å². The molecule has 0 aliphatic heterocycles. The van der Waals surface area contributed by atoms with Crippen molar-refractivity contribution < 1.29 is 0 Å². The Bertz CT molecular complexity index is 882. The summed E-state index contributed by atoms with van der Waals surface area (Å²) in [6.07, 6.45) is 2.58. The molecule has 2 heterocycles. The Morgan fingerprint density at radius 3 is 2.76 bits per heavy atom. The van der Waals surface area contributed by atoms with E-state index in [4.69, 9.17) is 11.6 Å². The Hall–Kier alpha value is -1.63. The fourth-order valence-corrected chi connectivity index (χ4v) is 4.03. The van der Waals surface area contributed by atoms with E-state index in [2.05, 4.69) is 50.0 Å². The Morgan fingerprint density at radius 1 is 1.33 bits per heavy atom. The van der Waals surface area contributed by atoms with E-state index >= 15 is 0 Å². The number of aromatic nitrogens is 1.